The number of aromatic amines is 1. The van der Waals surface area contributed by atoms with Crippen molar-refractivity contribution in [1.82, 2.24) is 14.9 Å². The summed E-state index contributed by atoms with van der Waals surface area (Å²) in [4.78, 5) is 0. The van der Waals surface area contributed by atoms with E-state index in [0.29, 0.717) is 33.7 Å². The van der Waals surface area contributed by atoms with E-state index >= 15 is 0 Å². The Kier molecular flexibility index (Phi) is 4.98. The smallest absolute Gasteiger partial charge is 0.216 e. The first kappa shape index (κ1) is 15.5. The zero-order valence-corrected chi connectivity index (χ0v) is 13.5. The number of rotatable bonds is 5. The molecule has 1 N–H and O–H groups in total. The topological polar surface area (TPSA) is 64.4 Å². The molecule has 0 amide bonds. The number of halogens is 1. The lowest BCUT2D eigenvalue weighted by Crippen LogP contribution is -1.98. The highest BCUT2D eigenvalue weighted by Gasteiger charge is 2.10. The third-order valence-corrected chi connectivity index (χ3v) is 3.22. The molecule has 6 nitrogen and oxygen atoms in total. The minimum atomic E-state index is 0.424. The molecule has 8 heteroatoms. The first-order valence-electron chi connectivity index (χ1n) is 6.25. The van der Waals surface area contributed by atoms with E-state index in [1.54, 1.807) is 32.4 Å². The van der Waals surface area contributed by atoms with Crippen LogP contribution in [0.25, 0.3) is 0 Å². The lowest BCUT2D eigenvalue weighted by atomic mass is 10.2. The summed E-state index contributed by atoms with van der Waals surface area (Å²) in [7, 11) is 1.55. The molecule has 0 bridgehead atoms. The van der Waals surface area contributed by atoms with Crippen LogP contribution in [0.1, 0.15) is 18.3 Å². The summed E-state index contributed by atoms with van der Waals surface area (Å²) in [6, 6.07) is 3.54. The van der Waals surface area contributed by atoms with E-state index in [2.05, 4.69) is 15.3 Å². The van der Waals surface area contributed by atoms with Crippen molar-refractivity contribution in [2.75, 3.05) is 13.7 Å². The predicted octanol–water partition coefficient (Wildman–Crippen LogP) is 3.19. The molecule has 0 saturated carbocycles. The number of hydrogen-bond acceptors (Lipinski definition) is 5. The number of aryl methyl sites for hydroxylation is 1. The zero-order valence-electron chi connectivity index (χ0n) is 11.9. The van der Waals surface area contributed by atoms with Crippen molar-refractivity contribution < 1.29 is 9.47 Å². The molecular weight excluding hydrogens is 312 g/mol. The van der Waals surface area contributed by atoms with E-state index in [0.717, 1.165) is 5.56 Å². The van der Waals surface area contributed by atoms with E-state index < -0.39 is 0 Å². The molecule has 0 fully saturated rings. The minimum Gasteiger partial charge on any atom is -0.491 e. The van der Waals surface area contributed by atoms with Crippen LogP contribution >= 0.6 is 23.8 Å². The number of nitrogens with one attached hydrogen (secondary N) is 1. The average molecular weight is 327 g/mol. The van der Waals surface area contributed by atoms with Gasteiger partial charge >= 0.3 is 0 Å². The lowest BCUT2D eigenvalue weighted by Gasteiger charge is -2.11. The molecule has 112 valence electrons. The van der Waals surface area contributed by atoms with Crippen LogP contribution in [0.4, 0.5) is 0 Å². The number of methoxy groups -OCH3 is 1. The van der Waals surface area contributed by atoms with Gasteiger partial charge in [0.2, 0.25) is 4.77 Å². The Labute approximate surface area is 132 Å². The predicted molar refractivity (Wildman–Crippen MR) is 84.3 cm³/mol. The van der Waals surface area contributed by atoms with E-state index in [4.69, 9.17) is 33.3 Å². The van der Waals surface area contributed by atoms with E-state index in [1.807, 2.05) is 6.92 Å². The summed E-state index contributed by atoms with van der Waals surface area (Å²) in [5, 5.41) is 11.4. The molecule has 0 aliphatic heterocycles. The number of H-pyrrole nitrogens is 1. The molecule has 1 heterocycles. The van der Waals surface area contributed by atoms with Gasteiger partial charge in [-0.25, -0.2) is 0 Å². The summed E-state index contributed by atoms with van der Waals surface area (Å²) in [6.45, 7) is 4.21. The van der Waals surface area contributed by atoms with Crippen molar-refractivity contribution in [2.24, 2.45) is 5.10 Å². The Hall–Kier alpha value is -1.86. The maximum atomic E-state index is 6.18. The third kappa shape index (κ3) is 3.43. The van der Waals surface area contributed by atoms with Crippen LogP contribution in [0, 0.1) is 11.7 Å². The van der Waals surface area contributed by atoms with Crippen molar-refractivity contribution in [3.8, 4) is 11.5 Å². The number of hydrogen-bond donors (Lipinski definition) is 1. The molecule has 0 atom stereocenters. The highest BCUT2D eigenvalue weighted by atomic mass is 35.5. The molecule has 0 spiro atoms. The molecule has 2 aromatic rings. The van der Waals surface area contributed by atoms with Gasteiger partial charge in [0, 0.05) is 0 Å². The van der Waals surface area contributed by atoms with Crippen LogP contribution in [-0.4, -0.2) is 34.8 Å². The molecule has 0 radical (unpaired) electrons. The van der Waals surface area contributed by atoms with Crippen LogP contribution in [0.15, 0.2) is 17.2 Å². The van der Waals surface area contributed by atoms with Gasteiger partial charge in [-0.15, -0.1) is 0 Å². The minimum absolute atomic E-state index is 0.424. The first-order valence-corrected chi connectivity index (χ1v) is 7.04. The quantitative estimate of drug-likeness (QED) is 0.677. The summed E-state index contributed by atoms with van der Waals surface area (Å²) < 4.78 is 12.7. The molecule has 0 saturated heterocycles. The highest BCUT2D eigenvalue weighted by Crippen LogP contribution is 2.35. The number of nitrogens with zero attached hydrogens (tertiary/aromatic N) is 3. The zero-order chi connectivity index (χ0) is 15.4. The van der Waals surface area contributed by atoms with Gasteiger partial charge in [0.25, 0.3) is 0 Å². The van der Waals surface area contributed by atoms with Crippen LogP contribution < -0.4 is 9.47 Å². The van der Waals surface area contributed by atoms with Crippen molar-refractivity contribution in [2.45, 2.75) is 13.8 Å². The molecule has 0 aliphatic carbocycles. The second kappa shape index (κ2) is 6.73. The highest BCUT2D eigenvalue weighted by molar-refractivity contribution is 7.71. The first-order chi connectivity index (χ1) is 10.1. The number of aromatic nitrogens is 3. The standard InChI is InChI=1S/C13H15ClN4O2S/c1-4-20-11-6-9(5-10(14)12(11)19-3)7-15-18-8(2)16-17-13(18)21/h5-7H,4H2,1-3H3,(H,17,21)/b15-7-. The third-order valence-electron chi connectivity index (χ3n) is 2.67. The molecule has 0 unspecified atom stereocenters. The molecule has 2 rings (SSSR count). The largest absolute Gasteiger partial charge is 0.491 e. The fourth-order valence-electron chi connectivity index (χ4n) is 1.75. The SMILES string of the molecule is CCOc1cc(/C=N\n2c(C)n[nH]c2=S)cc(Cl)c1OC. The average Bonchev–Trinajstić information content (AvgIpc) is 2.76. The van der Waals surface area contributed by atoms with Crippen molar-refractivity contribution in [1.29, 1.82) is 0 Å². The molecule has 21 heavy (non-hydrogen) atoms. The van der Waals surface area contributed by atoms with E-state index in [9.17, 15) is 0 Å². The Morgan fingerprint density at radius 1 is 1.52 bits per heavy atom. The second-order valence-corrected chi connectivity index (χ2v) is 4.89. The van der Waals surface area contributed by atoms with Gasteiger partial charge in [-0.3, -0.25) is 5.10 Å². The number of benzene rings is 1. The summed E-state index contributed by atoms with van der Waals surface area (Å²) in [5.41, 5.74) is 0.770. The molecule has 1 aromatic carbocycles. The molecule has 0 aliphatic rings. The van der Waals surface area contributed by atoms with Gasteiger partial charge in [0.1, 0.15) is 5.82 Å². The fraction of sp³-hybridized carbons (Fsp3) is 0.308. The van der Waals surface area contributed by atoms with Crippen LogP contribution in [0.5, 0.6) is 11.5 Å². The van der Waals surface area contributed by atoms with Crippen LogP contribution in [0.2, 0.25) is 5.02 Å². The monoisotopic (exact) mass is 326 g/mol. The van der Waals surface area contributed by atoms with Gasteiger partial charge in [-0.2, -0.15) is 14.9 Å². The Balaban J connectivity index is 2.39. The van der Waals surface area contributed by atoms with E-state index in [1.165, 1.54) is 4.68 Å². The Bertz CT molecular complexity index is 723. The normalized spacial score (nSPS) is 11.0. The summed E-state index contributed by atoms with van der Waals surface area (Å²) >= 11 is 11.3. The van der Waals surface area contributed by atoms with E-state index in [-0.39, 0.29) is 0 Å². The van der Waals surface area contributed by atoms with Gasteiger partial charge in [0.15, 0.2) is 11.5 Å². The number of ether oxygens (including phenoxy) is 2. The maximum Gasteiger partial charge on any atom is 0.216 e. The van der Waals surface area contributed by atoms with Crippen molar-refractivity contribution >= 4 is 30.0 Å². The fourth-order valence-corrected chi connectivity index (χ4v) is 2.28. The second-order valence-electron chi connectivity index (χ2n) is 4.10. The van der Waals surface area contributed by atoms with Gasteiger partial charge in [-0.1, -0.05) is 11.6 Å². The van der Waals surface area contributed by atoms with Crippen LogP contribution in [0.3, 0.4) is 0 Å². The van der Waals surface area contributed by atoms with Crippen LogP contribution in [-0.2, 0) is 0 Å². The molecule has 1 aromatic heterocycles. The summed E-state index contributed by atoms with van der Waals surface area (Å²) in [5.74, 6) is 1.74. The van der Waals surface area contributed by atoms with Gasteiger partial charge in [0.05, 0.1) is 25.0 Å². The van der Waals surface area contributed by atoms with Crippen molar-refractivity contribution in [3.05, 3.63) is 33.3 Å². The van der Waals surface area contributed by atoms with Gasteiger partial charge < -0.3 is 9.47 Å². The lowest BCUT2D eigenvalue weighted by molar-refractivity contribution is 0.311. The molecular formula is C13H15ClN4O2S. The van der Waals surface area contributed by atoms with Gasteiger partial charge in [-0.05, 0) is 43.8 Å². The maximum absolute atomic E-state index is 6.18. The van der Waals surface area contributed by atoms with Crippen molar-refractivity contribution in [3.63, 3.8) is 0 Å². The Morgan fingerprint density at radius 3 is 2.86 bits per heavy atom. The Morgan fingerprint density at radius 2 is 2.29 bits per heavy atom. The summed E-state index contributed by atoms with van der Waals surface area (Å²) in [6.07, 6.45) is 1.63.